The maximum Gasteiger partial charge on any atom is 0.274 e. The topological polar surface area (TPSA) is 92.0 Å². The number of hydrogen-bond donors (Lipinski definition) is 2. The van der Waals surface area contributed by atoms with Crippen molar-refractivity contribution in [2.75, 3.05) is 39.4 Å². The van der Waals surface area contributed by atoms with Crippen LogP contribution in [0.3, 0.4) is 0 Å². The van der Waals surface area contributed by atoms with E-state index in [1.165, 1.54) is 6.07 Å². The molecule has 1 aromatic carbocycles. The minimum Gasteiger partial charge on any atom is -0.379 e. The van der Waals surface area contributed by atoms with Crippen LogP contribution < -0.4 is 10.6 Å². The van der Waals surface area contributed by atoms with E-state index in [1.807, 2.05) is 6.92 Å². The Balaban J connectivity index is 0.00000420. The van der Waals surface area contributed by atoms with Gasteiger partial charge in [0.2, 0.25) is 0 Å². The lowest BCUT2D eigenvalue weighted by atomic mass is 10.0. The van der Waals surface area contributed by atoms with Crippen LogP contribution in [0.2, 0.25) is 0 Å². The fraction of sp³-hybridized carbons (Fsp3) is 0.650. The number of nitro groups is 1. The normalized spacial score (nSPS) is 16.2. The minimum atomic E-state index is -0.359. The van der Waals surface area contributed by atoms with Crippen LogP contribution in [0.5, 0.6) is 0 Å². The Hall–Kier alpha value is -1.46. The summed E-state index contributed by atoms with van der Waals surface area (Å²) in [5.74, 6) is 1.28. The fourth-order valence-electron chi connectivity index (χ4n) is 3.39. The third-order valence-electron chi connectivity index (χ3n) is 4.75. The quantitative estimate of drug-likeness (QED) is 0.171. The summed E-state index contributed by atoms with van der Waals surface area (Å²) in [7, 11) is 0. The summed E-state index contributed by atoms with van der Waals surface area (Å²) in [6.45, 7) is 11.7. The smallest absolute Gasteiger partial charge is 0.274 e. The average Bonchev–Trinajstić information content (AvgIpc) is 2.69. The monoisotopic (exact) mass is 519 g/mol. The first-order valence-electron chi connectivity index (χ1n) is 10.1. The van der Waals surface area contributed by atoms with Gasteiger partial charge in [0.1, 0.15) is 0 Å². The summed E-state index contributed by atoms with van der Waals surface area (Å²) in [4.78, 5) is 17.9. The van der Waals surface area contributed by atoms with Crippen molar-refractivity contribution in [3.63, 3.8) is 0 Å². The van der Waals surface area contributed by atoms with Crippen molar-refractivity contribution in [2.24, 2.45) is 10.9 Å². The van der Waals surface area contributed by atoms with E-state index >= 15 is 0 Å². The molecule has 1 unspecified atom stereocenters. The standard InChI is InChI=1S/C20H33N5O3.HI/c1-4-21-20(22-14-17-7-5-6-8-19(17)25(26)27)23-15-18(13-16(2)3)24-9-11-28-12-10-24;/h5-8,16,18H,4,9-15H2,1-3H3,(H2,21,22,23);1H. The molecule has 1 heterocycles. The van der Waals surface area contributed by atoms with Crippen LogP contribution in [-0.4, -0.2) is 61.2 Å². The molecule has 8 nitrogen and oxygen atoms in total. The first-order valence-corrected chi connectivity index (χ1v) is 10.1. The molecule has 164 valence electrons. The highest BCUT2D eigenvalue weighted by atomic mass is 127. The van der Waals surface area contributed by atoms with E-state index in [2.05, 4.69) is 34.4 Å². The second-order valence-corrected chi connectivity index (χ2v) is 7.39. The third-order valence-corrected chi connectivity index (χ3v) is 4.75. The SMILES string of the molecule is CCNC(=NCc1ccccc1[N+](=O)[O-])NCC(CC(C)C)N1CCOCC1.I. The van der Waals surface area contributed by atoms with E-state index in [9.17, 15) is 10.1 Å². The van der Waals surface area contributed by atoms with Crippen LogP contribution in [-0.2, 0) is 11.3 Å². The molecule has 1 saturated heterocycles. The maximum atomic E-state index is 11.2. The molecule has 1 aliphatic heterocycles. The number of rotatable bonds is 9. The van der Waals surface area contributed by atoms with E-state index in [-0.39, 0.29) is 41.1 Å². The summed E-state index contributed by atoms with van der Waals surface area (Å²) in [6.07, 6.45) is 1.09. The maximum absolute atomic E-state index is 11.2. The van der Waals surface area contributed by atoms with Gasteiger partial charge in [0.25, 0.3) is 5.69 Å². The number of hydrogen-bond acceptors (Lipinski definition) is 5. The van der Waals surface area contributed by atoms with Gasteiger partial charge in [-0.3, -0.25) is 15.0 Å². The molecule has 1 aliphatic rings. The highest BCUT2D eigenvalue weighted by Crippen LogP contribution is 2.18. The Bertz CT molecular complexity index is 651. The highest BCUT2D eigenvalue weighted by molar-refractivity contribution is 14.0. The number of benzene rings is 1. The van der Waals surface area contributed by atoms with Crippen LogP contribution in [0.25, 0.3) is 0 Å². The second kappa shape index (κ2) is 13.7. The molecule has 1 atom stereocenters. The number of morpholine rings is 1. The van der Waals surface area contributed by atoms with Crippen molar-refractivity contribution < 1.29 is 9.66 Å². The Morgan fingerprint density at radius 2 is 1.97 bits per heavy atom. The lowest BCUT2D eigenvalue weighted by Crippen LogP contribution is -2.51. The van der Waals surface area contributed by atoms with E-state index in [0.29, 0.717) is 23.5 Å². The van der Waals surface area contributed by atoms with E-state index in [0.717, 1.165) is 45.8 Å². The minimum absolute atomic E-state index is 0. The zero-order valence-electron chi connectivity index (χ0n) is 17.6. The van der Waals surface area contributed by atoms with E-state index in [1.54, 1.807) is 18.2 Å². The van der Waals surface area contributed by atoms with Gasteiger partial charge in [-0.25, -0.2) is 4.99 Å². The zero-order valence-corrected chi connectivity index (χ0v) is 19.9. The molecule has 0 aromatic heterocycles. The van der Waals surface area contributed by atoms with Gasteiger partial charge in [-0.1, -0.05) is 32.0 Å². The van der Waals surface area contributed by atoms with Crippen molar-refractivity contribution in [2.45, 2.75) is 39.8 Å². The molecule has 2 rings (SSSR count). The van der Waals surface area contributed by atoms with Gasteiger partial charge in [0.15, 0.2) is 5.96 Å². The van der Waals surface area contributed by atoms with Crippen molar-refractivity contribution in [3.8, 4) is 0 Å². The van der Waals surface area contributed by atoms with Gasteiger partial charge in [-0.05, 0) is 19.3 Å². The van der Waals surface area contributed by atoms with Crippen LogP contribution >= 0.6 is 24.0 Å². The number of nitro benzene ring substituents is 1. The number of para-hydroxylation sites is 1. The van der Waals surface area contributed by atoms with Gasteiger partial charge in [-0.15, -0.1) is 24.0 Å². The summed E-state index contributed by atoms with van der Waals surface area (Å²) >= 11 is 0. The van der Waals surface area contributed by atoms with Crippen LogP contribution in [0.15, 0.2) is 29.3 Å². The van der Waals surface area contributed by atoms with Crippen LogP contribution in [0.4, 0.5) is 5.69 Å². The van der Waals surface area contributed by atoms with Crippen LogP contribution in [0, 0.1) is 16.0 Å². The average molecular weight is 519 g/mol. The predicted octanol–water partition coefficient (Wildman–Crippen LogP) is 3.01. The Morgan fingerprint density at radius 1 is 1.28 bits per heavy atom. The molecule has 29 heavy (non-hydrogen) atoms. The van der Waals surface area contributed by atoms with Gasteiger partial charge in [0.05, 0.1) is 30.2 Å². The van der Waals surface area contributed by atoms with Crippen molar-refractivity contribution in [1.82, 2.24) is 15.5 Å². The Labute approximate surface area is 190 Å². The molecule has 0 amide bonds. The third kappa shape index (κ3) is 8.83. The zero-order chi connectivity index (χ0) is 20.4. The molecular weight excluding hydrogens is 485 g/mol. The number of halogens is 1. The fourth-order valence-corrected chi connectivity index (χ4v) is 3.39. The number of nitrogens with zero attached hydrogens (tertiary/aromatic N) is 3. The summed E-state index contributed by atoms with van der Waals surface area (Å²) < 4.78 is 5.48. The van der Waals surface area contributed by atoms with Crippen molar-refractivity contribution in [3.05, 3.63) is 39.9 Å². The molecule has 9 heteroatoms. The summed E-state index contributed by atoms with van der Waals surface area (Å²) in [5.41, 5.74) is 0.713. The molecule has 1 aromatic rings. The first-order chi connectivity index (χ1) is 13.5. The molecule has 0 radical (unpaired) electrons. The van der Waals surface area contributed by atoms with Crippen molar-refractivity contribution in [1.29, 1.82) is 0 Å². The lowest BCUT2D eigenvalue weighted by Gasteiger charge is -2.35. The number of nitrogens with one attached hydrogen (secondary N) is 2. The molecule has 0 aliphatic carbocycles. The first kappa shape index (κ1) is 25.6. The molecule has 0 saturated carbocycles. The molecule has 0 bridgehead atoms. The Kier molecular flexibility index (Phi) is 12.1. The van der Waals surface area contributed by atoms with E-state index in [4.69, 9.17) is 4.74 Å². The molecule has 2 N–H and O–H groups in total. The van der Waals surface area contributed by atoms with Gasteiger partial charge >= 0.3 is 0 Å². The lowest BCUT2D eigenvalue weighted by molar-refractivity contribution is -0.385. The Morgan fingerprint density at radius 3 is 2.59 bits per heavy atom. The summed E-state index contributed by atoms with van der Waals surface area (Å²) in [6, 6.07) is 7.14. The summed E-state index contributed by atoms with van der Waals surface area (Å²) in [5, 5.41) is 17.9. The van der Waals surface area contributed by atoms with Gasteiger partial charge in [0, 0.05) is 38.3 Å². The molecule has 0 spiro atoms. The largest absolute Gasteiger partial charge is 0.379 e. The van der Waals surface area contributed by atoms with E-state index < -0.39 is 0 Å². The van der Waals surface area contributed by atoms with Crippen LogP contribution in [0.1, 0.15) is 32.8 Å². The number of ether oxygens (including phenoxy) is 1. The number of guanidine groups is 1. The van der Waals surface area contributed by atoms with Gasteiger partial charge < -0.3 is 15.4 Å². The second-order valence-electron chi connectivity index (χ2n) is 7.39. The van der Waals surface area contributed by atoms with Gasteiger partial charge in [-0.2, -0.15) is 0 Å². The molecule has 1 fully saturated rings. The van der Waals surface area contributed by atoms with Crippen molar-refractivity contribution >= 4 is 35.6 Å². The highest BCUT2D eigenvalue weighted by Gasteiger charge is 2.22. The predicted molar refractivity (Wildman–Crippen MR) is 127 cm³/mol. The molecular formula is C20H34IN5O3. The number of aliphatic imine (C=N–C) groups is 1.